The van der Waals surface area contributed by atoms with E-state index < -0.39 is 5.41 Å². The van der Waals surface area contributed by atoms with Crippen LogP contribution >= 0.6 is 0 Å². The van der Waals surface area contributed by atoms with Crippen molar-refractivity contribution in [3.05, 3.63) is 193 Å². The van der Waals surface area contributed by atoms with Crippen molar-refractivity contribution in [3.63, 3.8) is 0 Å². The minimum atomic E-state index is -0.534. The molecule has 208 valence electrons. The SMILES string of the molecule is c1ccc(C2(c3ccccc3)c3ccccc3B(c3cccc(-n4cccn4)c3)c3cc(Oc4ccccn4)ccc32)cc1. The van der Waals surface area contributed by atoms with Crippen molar-refractivity contribution in [2.75, 3.05) is 0 Å². The number of fused-ring (bicyclic) bond motifs is 2. The lowest BCUT2D eigenvalue weighted by atomic mass is 9.30. The van der Waals surface area contributed by atoms with E-state index in [1.165, 1.54) is 38.6 Å². The number of benzene rings is 5. The summed E-state index contributed by atoms with van der Waals surface area (Å²) >= 11 is 0. The van der Waals surface area contributed by atoms with Crippen LogP contribution in [0.15, 0.2) is 170 Å². The first-order valence-corrected chi connectivity index (χ1v) is 14.9. The largest absolute Gasteiger partial charge is 0.439 e. The van der Waals surface area contributed by atoms with E-state index in [0.717, 1.165) is 11.4 Å². The molecule has 2 aromatic heterocycles. The molecule has 0 N–H and O–H groups in total. The Morgan fingerprint density at radius 2 is 1.30 bits per heavy atom. The lowest BCUT2D eigenvalue weighted by molar-refractivity contribution is 0.463. The molecule has 5 heteroatoms. The second-order valence-corrected chi connectivity index (χ2v) is 11.1. The molecule has 4 nitrogen and oxygen atoms in total. The summed E-state index contributed by atoms with van der Waals surface area (Å²) in [5, 5.41) is 4.51. The fourth-order valence-electron chi connectivity index (χ4n) is 6.91. The van der Waals surface area contributed by atoms with Crippen LogP contribution in [0, 0.1) is 0 Å². The zero-order valence-corrected chi connectivity index (χ0v) is 24.0. The lowest BCUT2D eigenvalue weighted by Gasteiger charge is -2.44. The summed E-state index contributed by atoms with van der Waals surface area (Å²) in [4.78, 5) is 4.43. The molecule has 1 aliphatic heterocycles. The summed E-state index contributed by atoms with van der Waals surface area (Å²) in [5.41, 5.74) is 9.10. The number of rotatable bonds is 6. The van der Waals surface area contributed by atoms with E-state index in [1.807, 2.05) is 41.3 Å². The van der Waals surface area contributed by atoms with Gasteiger partial charge in [0, 0.05) is 24.7 Å². The Labute approximate surface area is 257 Å². The molecule has 0 saturated carbocycles. The van der Waals surface area contributed by atoms with Gasteiger partial charge in [-0.1, -0.05) is 126 Å². The summed E-state index contributed by atoms with van der Waals surface area (Å²) in [6.45, 7) is -0.0375. The number of ether oxygens (including phenoxy) is 1. The maximum Gasteiger partial charge on any atom is 0.242 e. The highest BCUT2D eigenvalue weighted by molar-refractivity contribution is 6.96. The van der Waals surface area contributed by atoms with Crippen LogP contribution in [-0.2, 0) is 5.41 Å². The normalized spacial score (nSPS) is 13.1. The van der Waals surface area contributed by atoms with Gasteiger partial charge in [-0.15, -0.1) is 0 Å². The Morgan fingerprint density at radius 1 is 0.568 bits per heavy atom. The first-order chi connectivity index (χ1) is 21.8. The van der Waals surface area contributed by atoms with Crippen molar-refractivity contribution in [1.82, 2.24) is 14.8 Å². The fourth-order valence-corrected chi connectivity index (χ4v) is 6.91. The predicted octanol–water partition coefficient (Wildman–Crippen LogP) is 6.27. The highest BCUT2D eigenvalue weighted by Gasteiger charge is 2.47. The highest BCUT2D eigenvalue weighted by atomic mass is 16.5. The van der Waals surface area contributed by atoms with Crippen molar-refractivity contribution < 1.29 is 4.74 Å². The summed E-state index contributed by atoms with van der Waals surface area (Å²) in [7, 11) is 0. The zero-order chi connectivity index (χ0) is 29.3. The van der Waals surface area contributed by atoms with Gasteiger partial charge in [0.25, 0.3) is 0 Å². The van der Waals surface area contributed by atoms with Gasteiger partial charge in [0.1, 0.15) is 5.75 Å². The molecule has 44 heavy (non-hydrogen) atoms. The fraction of sp³-hybridized carbons (Fsp3) is 0.0256. The van der Waals surface area contributed by atoms with Gasteiger partial charge in [-0.25, -0.2) is 9.67 Å². The van der Waals surface area contributed by atoms with Gasteiger partial charge in [0.15, 0.2) is 0 Å². The molecule has 0 saturated heterocycles. The summed E-state index contributed by atoms with van der Waals surface area (Å²) in [6, 6.07) is 53.6. The topological polar surface area (TPSA) is 39.9 Å². The minimum Gasteiger partial charge on any atom is -0.439 e. The molecule has 0 atom stereocenters. The summed E-state index contributed by atoms with van der Waals surface area (Å²) in [5.74, 6) is 1.32. The van der Waals surface area contributed by atoms with Gasteiger partial charge in [-0.05, 0) is 58.7 Å². The van der Waals surface area contributed by atoms with E-state index >= 15 is 0 Å². The van der Waals surface area contributed by atoms with Crippen LogP contribution in [0.4, 0.5) is 0 Å². The number of hydrogen-bond acceptors (Lipinski definition) is 3. The summed E-state index contributed by atoms with van der Waals surface area (Å²) in [6.07, 6.45) is 5.55. The third kappa shape index (κ3) is 4.25. The van der Waals surface area contributed by atoms with Crippen LogP contribution in [-0.4, -0.2) is 21.5 Å². The molecule has 3 heterocycles. The Bertz CT molecular complexity index is 2010. The van der Waals surface area contributed by atoms with E-state index in [1.54, 1.807) is 6.20 Å². The van der Waals surface area contributed by atoms with E-state index in [4.69, 9.17) is 4.74 Å². The molecular formula is C39H28BN3O. The van der Waals surface area contributed by atoms with Gasteiger partial charge < -0.3 is 4.74 Å². The zero-order valence-electron chi connectivity index (χ0n) is 24.0. The summed E-state index contributed by atoms with van der Waals surface area (Å²) < 4.78 is 8.27. The van der Waals surface area contributed by atoms with Crippen LogP contribution in [0.5, 0.6) is 11.6 Å². The third-order valence-electron chi connectivity index (χ3n) is 8.66. The molecule has 0 fully saturated rings. The average molecular weight is 565 g/mol. The van der Waals surface area contributed by atoms with Gasteiger partial charge >= 0.3 is 0 Å². The lowest BCUT2D eigenvalue weighted by Crippen LogP contribution is -2.62. The molecule has 0 bridgehead atoms. The van der Waals surface area contributed by atoms with Crippen LogP contribution < -0.4 is 21.1 Å². The number of nitrogens with zero attached hydrogens (tertiary/aromatic N) is 3. The van der Waals surface area contributed by atoms with Gasteiger partial charge in [0.05, 0.1) is 11.1 Å². The molecule has 0 aliphatic carbocycles. The predicted molar refractivity (Wildman–Crippen MR) is 177 cm³/mol. The molecule has 0 spiro atoms. The molecular weight excluding hydrogens is 537 g/mol. The molecule has 8 rings (SSSR count). The third-order valence-corrected chi connectivity index (χ3v) is 8.66. The van der Waals surface area contributed by atoms with Crippen LogP contribution in [0.25, 0.3) is 5.69 Å². The Balaban J connectivity index is 1.44. The highest BCUT2D eigenvalue weighted by Crippen LogP contribution is 2.46. The van der Waals surface area contributed by atoms with Crippen LogP contribution in [0.3, 0.4) is 0 Å². The first-order valence-electron chi connectivity index (χ1n) is 14.9. The minimum absolute atomic E-state index is 0.0375. The first kappa shape index (κ1) is 26.0. The van der Waals surface area contributed by atoms with Crippen LogP contribution in [0.2, 0.25) is 0 Å². The van der Waals surface area contributed by atoms with Crippen molar-refractivity contribution >= 4 is 23.1 Å². The second kappa shape index (κ2) is 10.9. The van der Waals surface area contributed by atoms with Crippen molar-refractivity contribution in [3.8, 4) is 17.3 Å². The van der Waals surface area contributed by atoms with Crippen LogP contribution in [0.1, 0.15) is 22.3 Å². The van der Waals surface area contributed by atoms with E-state index in [2.05, 4.69) is 137 Å². The maximum absolute atomic E-state index is 6.35. The van der Waals surface area contributed by atoms with Crippen molar-refractivity contribution in [1.29, 1.82) is 0 Å². The van der Waals surface area contributed by atoms with Crippen molar-refractivity contribution in [2.24, 2.45) is 0 Å². The molecule has 1 aliphatic rings. The number of hydrogen-bond donors (Lipinski definition) is 0. The van der Waals surface area contributed by atoms with Gasteiger partial charge in [-0.2, -0.15) is 5.10 Å². The quantitative estimate of drug-likeness (QED) is 0.223. The molecule has 0 unspecified atom stereocenters. The molecule has 7 aromatic rings. The Morgan fingerprint density at radius 3 is 2.02 bits per heavy atom. The average Bonchev–Trinajstić information content (AvgIpc) is 3.64. The second-order valence-electron chi connectivity index (χ2n) is 11.1. The number of pyridine rings is 1. The Kier molecular flexibility index (Phi) is 6.42. The van der Waals surface area contributed by atoms with E-state index in [0.29, 0.717) is 5.88 Å². The van der Waals surface area contributed by atoms with Crippen molar-refractivity contribution in [2.45, 2.75) is 5.41 Å². The molecule has 0 radical (unpaired) electrons. The van der Waals surface area contributed by atoms with E-state index in [-0.39, 0.29) is 6.71 Å². The molecule has 0 amide bonds. The standard InChI is InChI=1S/C39H28BN3O/c1-3-13-29(14-4-1)39(30-15-5-2-6-16-30)34-19-7-8-20-36(34)40(31-17-11-18-32(27-31)43-26-12-25-42-43)37-28-33(22-23-35(37)39)44-38-21-9-10-24-41-38/h1-28H. The maximum atomic E-state index is 6.35. The van der Waals surface area contributed by atoms with Gasteiger partial charge in [0.2, 0.25) is 12.6 Å². The van der Waals surface area contributed by atoms with E-state index in [9.17, 15) is 0 Å². The molecule has 5 aromatic carbocycles. The smallest absolute Gasteiger partial charge is 0.242 e. The van der Waals surface area contributed by atoms with Gasteiger partial charge in [-0.3, -0.25) is 0 Å². The number of aromatic nitrogens is 3. The Hall–Kier alpha value is -5.68. The monoisotopic (exact) mass is 565 g/mol.